The molecule has 0 radical (unpaired) electrons. The van der Waals surface area contributed by atoms with E-state index in [2.05, 4.69) is 74.7 Å². The van der Waals surface area contributed by atoms with Crippen LogP contribution in [0.1, 0.15) is 57.5 Å². The molecule has 136 valence electrons. The number of anilines is 1. The maximum absolute atomic E-state index is 12.1. The third kappa shape index (κ3) is 5.43. The molecule has 25 heavy (non-hydrogen) atoms. The molecule has 1 aromatic heterocycles. The third-order valence-corrected chi connectivity index (χ3v) is 4.33. The van der Waals surface area contributed by atoms with Gasteiger partial charge in [-0.2, -0.15) is 0 Å². The maximum Gasteiger partial charge on any atom is 0.280 e. The molecule has 1 amide bonds. The van der Waals surface area contributed by atoms with Crippen molar-refractivity contribution in [2.45, 2.75) is 53.0 Å². The van der Waals surface area contributed by atoms with Crippen LogP contribution in [0.2, 0.25) is 0 Å². The Hall–Kier alpha value is -2.14. The van der Waals surface area contributed by atoms with Gasteiger partial charge in [0.2, 0.25) is 0 Å². The number of carbonyl (C=O) groups is 1. The molecular weight excluding hydrogens is 314 g/mol. The molecule has 0 saturated heterocycles. The van der Waals surface area contributed by atoms with Gasteiger partial charge in [0.25, 0.3) is 5.91 Å². The van der Waals surface area contributed by atoms with Crippen LogP contribution in [0.5, 0.6) is 0 Å². The summed E-state index contributed by atoms with van der Waals surface area (Å²) < 4.78 is 4.96. The van der Waals surface area contributed by atoms with E-state index in [1.54, 1.807) is 13.0 Å². The predicted octanol–water partition coefficient (Wildman–Crippen LogP) is 3.18. The fourth-order valence-electron chi connectivity index (χ4n) is 2.85. The second-order valence-electron chi connectivity index (χ2n) is 7.95. The van der Waals surface area contributed by atoms with Gasteiger partial charge in [0.15, 0.2) is 12.4 Å². The highest BCUT2D eigenvalue weighted by molar-refractivity contribution is 5.90. The van der Waals surface area contributed by atoms with Crippen molar-refractivity contribution in [3.63, 3.8) is 0 Å². The van der Waals surface area contributed by atoms with Gasteiger partial charge in [-0.15, -0.1) is 0 Å². The highest BCUT2D eigenvalue weighted by atomic mass is 16.5. The van der Waals surface area contributed by atoms with Crippen LogP contribution in [0.15, 0.2) is 34.9 Å². The molecule has 0 aliphatic rings. The van der Waals surface area contributed by atoms with E-state index in [9.17, 15) is 4.79 Å². The zero-order valence-corrected chi connectivity index (χ0v) is 16.1. The van der Waals surface area contributed by atoms with E-state index in [1.165, 1.54) is 11.1 Å². The first-order valence-electron chi connectivity index (χ1n) is 8.83. The summed E-state index contributed by atoms with van der Waals surface area (Å²) in [5.41, 5.74) is 2.71. The average Bonchev–Trinajstić information content (AvgIpc) is 2.91. The van der Waals surface area contributed by atoms with Crippen LogP contribution in [0.3, 0.4) is 0 Å². The Morgan fingerprint density at radius 2 is 1.88 bits per heavy atom. The molecule has 0 aliphatic carbocycles. The zero-order valence-electron chi connectivity index (χ0n) is 16.1. The molecule has 3 N–H and O–H groups in total. The van der Waals surface area contributed by atoms with Crippen molar-refractivity contribution in [2.24, 2.45) is 5.92 Å². The number of nitrogens with two attached hydrogens (primary N) is 1. The third-order valence-electron chi connectivity index (χ3n) is 4.33. The highest BCUT2D eigenvalue weighted by Gasteiger charge is 2.22. The van der Waals surface area contributed by atoms with Gasteiger partial charge < -0.3 is 15.2 Å². The molecule has 0 saturated carbocycles. The minimum Gasteiger partial charge on any atom is -0.360 e. The molecule has 1 atom stereocenters. The van der Waals surface area contributed by atoms with Crippen LogP contribution in [-0.2, 0) is 10.2 Å². The number of rotatable bonds is 6. The Kier molecular flexibility index (Phi) is 6.01. The highest BCUT2D eigenvalue weighted by Crippen LogP contribution is 2.25. The van der Waals surface area contributed by atoms with Crippen molar-refractivity contribution in [1.29, 1.82) is 0 Å². The number of hydrogen-bond acceptors (Lipinski definition) is 3. The van der Waals surface area contributed by atoms with E-state index in [0.717, 1.165) is 0 Å². The molecule has 0 unspecified atom stereocenters. The molecule has 0 fully saturated rings. The second kappa shape index (κ2) is 7.83. The molecule has 5 heteroatoms. The van der Waals surface area contributed by atoms with Crippen molar-refractivity contribution < 1.29 is 14.6 Å². The van der Waals surface area contributed by atoms with Gasteiger partial charge in [0, 0.05) is 17.5 Å². The summed E-state index contributed by atoms with van der Waals surface area (Å²) in [4.78, 5) is 12.1. The molecule has 2 aromatic rings. The van der Waals surface area contributed by atoms with Crippen LogP contribution in [0, 0.1) is 12.8 Å². The molecule has 1 heterocycles. The summed E-state index contributed by atoms with van der Waals surface area (Å²) in [5, 5.41) is 8.63. The number of quaternary nitrogens is 1. The van der Waals surface area contributed by atoms with Crippen molar-refractivity contribution in [3.8, 4) is 0 Å². The van der Waals surface area contributed by atoms with Crippen molar-refractivity contribution in [2.75, 3.05) is 11.9 Å². The first kappa shape index (κ1) is 19.2. The Morgan fingerprint density at radius 1 is 1.24 bits per heavy atom. The van der Waals surface area contributed by atoms with Gasteiger partial charge in [-0.1, -0.05) is 64.0 Å². The molecule has 1 aromatic carbocycles. The normalized spacial score (nSPS) is 13.1. The van der Waals surface area contributed by atoms with E-state index in [-0.39, 0.29) is 17.4 Å². The van der Waals surface area contributed by atoms with E-state index in [4.69, 9.17) is 4.52 Å². The van der Waals surface area contributed by atoms with Crippen LogP contribution >= 0.6 is 0 Å². The van der Waals surface area contributed by atoms with Crippen LogP contribution in [0.25, 0.3) is 0 Å². The fraction of sp³-hybridized carbons (Fsp3) is 0.500. The predicted molar refractivity (Wildman–Crippen MR) is 99.4 cm³/mol. The van der Waals surface area contributed by atoms with E-state index < -0.39 is 0 Å². The smallest absolute Gasteiger partial charge is 0.280 e. The van der Waals surface area contributed by atoms with Gasteiger partial charge in [-0.3, -0.25) is 4.79 Å². The van der Waals surface area contributed by atoms with Gasteiger partial charge in [0.1, 0.15) is 11.8 Å². The Labute approximate surface area is 150 Å². The summed E-state index contributed by atoms with van der Waals surface area (Å²) in [6.07, 6.45) is 0. The Morgan fingerprint density at radius 3 is 2.36 bits per heavy atom. The average molecular weight is 344 g/mol. The molecule has 0 bridgehead atoms. The maximum atomic E-state index is 12.1. The first-order chi connectivity index (χ1) is 11.7. The van der Waals surface area contributed by atoms with E-state index in [0.29, 0.717) is 24.0 Å². The van der Waals surface area contributed by atoms with Gasteiger partial charge in [-0.05, 0) is 17.9 Å². The number of hydrogen-bond donors (Lipinski definition) is 2. The second-order valence-corrected chi connectivity index (χ2v) is 7.95. The molecule has 2 rings (SSSR count). The number of benzene rings is 1. The van der Waals surface area contributed by atoms with Crippen LogP contribution in [-0.4, -0.2) is 17.6 Å². The lowest BCUT2D eigenvalue weighted by atomic mass is 9.85. The zero-order chi connectivity index (χ0) is 18.6. The van der Waals surface area contributed by atoms with Gasteiger partial charge in [-0.25, -0.2) is 0 Å². The molecule has 5 nitrogen and oxygen atoms in total. The molecular formula is C20H30N3O2+. The summed E-state index contributed by atoms with van der Waals surface area (Å²) in [5.74, 6) is 1.48. The lowest BCUT2D eigenvalue weighted by Gasteiger charge is -2.22. The van der Waals surface area contributed by atoms with E-state index in [1.807, 2.05) is 0 Å². The van der Waals surface area contributed by atoms with E-state index >= 15 is 0 Å². The number of nitrogens with one attached hydrogen (secondary N) is 1. The largest absolute Gasteiger partial charge is 0.360 e. The summed E-state index contributed by atoms with van der Waals surface area (Å²) in [7, 11) is 0. The summed E-state index contributed by atoms with van der Waals surface area (Å²) >= 11 is 0. The standard InChI is InChI=1S/C20H29N3O2/c1-13(2)19(15-7-9-16(10-8-15)20(4,5)6)21-12-18(24)22-17-11-14(3)25-23-17/h7-11,13,19,21H,12H2,1-6H3,(H,22,23,24)/p+1/t19-/m1/s1. The minimum absolute atomic E-state index is 0.0785. The Balaban J connectivity index is 1.99. The van der Waals surface area contributed by atoms with Crippen molar-refractivity contribution in [1.82, 2.24) is 5.16 Å². The number of carbonyl (C=O) groups excluding carboxylic acids is 1. The summed E-state index contributed by atoms with van der Waals surface area (Å²) in [6, 6.07) is 10.7. The fourth-order valence-corrected chi connectivity index (χ4v) is 2.85. The Bertz CT molecular complexity index is 696. The van der Waals surface area contributed by atoms with Crippen molar-refractivity contribution in [3.05, 3.63) is 47.2 Å². The number of aryl methyl sites for hydroxylation is 1. The van der Waals surface area contributed by atoms with Crippen molar-refractivity contribution >= 4 is 11.7 Å². The first-order valence-corrected chi connectivity index (χ1v) is 8.83. The molecule has 0 aliphatic heterocycles. The number of amides is 1. The summed E-state index contributed by atoms with van der Waals surface area (Å²) in [6.45, 7) is 13.1. The minimum atomic E-state index is -0.0785. The van der Waals surface area contributed by atoms with Gasteiger partial charge >= 0.3 is 0 Å². The monoisotopic (exact) mass is 344 g/mol. The SMILES string of the molecule is Cc1cc(NC(=O)C[NH2+][C@@H](c2ccc(C(C)(C)C)cc2)C(C)C)no1. The quantitative estimate of drug-likeness (QED) is 0.845. The van der Waals surface area contributed by atoms with Crippen LogP contribution < -0.4 is 10.6 Å². The number of aromatic nitrogens is 1. The lowest BCUT2D eigenvalue weighted by Crippen LogP contribution is -2.88. The topological polar surface area (TPSA) is 71.7 Å². The van der Waals surface area contributed by atoms with Gasteiger partial charge in [0.05, 0.1) is 0 Å². The van der Waals surface area contributed by atoms with Crippen LogP contribution in [0.4, 0.5) is 5.82 Å². The lowest BCUT2D eigenvalue weighted by molar-refractivity contribution is -0.692. The molecule has 0 spiro atoms. The number of nitrogens with zero attached hydrogens (tertiary/aromatic N) is 1.